The number of hydrogen-bond acceptors (Lipinski definition) is 13. The van der Waals surface area contributed by atoms with Crippen molar-refractivity contribution in [1.82, 2.24) is 20.3 Å². The van der Waals surface area contributed by atoms with Gasteiger partial charge in [0.25, 0.3) is 5.91 Å². The zero-order valence-corrected chi connectivity index (χ0v) is 27.8. The molecule has 48 heavy (non-hydrogen) atoms. The van der Waals surface area contributed by atoms with E-state index in [2.05, 4.69) is 29.0 Å². The van der Waals surface area contributed by atoms with E-state index in [1.165, 1.54) is 0 Å². The lowest BCUT2D eigenvalue weighted by Gasteiger charge is -2.37. The lowest BCUT2D eigenvalue weighted by atomic mass is 10.1. The van der Waals surface area contributed by atoms with E-state index in [0.717, 1.165) is 29.0 Å². The number of nitrogens with one attached hydrogen (secondary N) is 1. The predicted octanol–water partition coefficient (Wildman–Crippen LogP) is 2.14. The largest absolute Gasteiger partial charge is 0.377 e. The number of morpholine rings is 2. The molecule has 0 saturated carbocycles. The molecule has 2 saturated heterocycles. The number of fused-ring (bicyclic) bond motifs is 1. The van der Waals surface area contributed by atoms with Crippen LogP contribution in [0.25, 0.3) is 22.3 Å². The fraction of sp³-hybridized carbons (Fsp3) is 0.559. The molecule has 14 nitrogen and oxygen atoms in total. The Bertz CT molecular complexity index is 1480. The van der Waals surface area contributed by atoms with Crippen LogP contribution in [-0.4, -0.2) is 138 Å². The van der Waals surface area contributed by atoms with Crippen molar-refractivity contribution in [2.75, 3.05) is 109 Å². The highest BCUT2D eigenvalue weighted by molar-refractivity contribution is 5.96. The van der Waals surface area contributed by atoms with Crippen LogP contribution >= 0.6 is 0 Å². The summed E-state index contributed by atoms with van der Waals surface area (Å²) >= 11 is 0. The Morgan fingerprint density at radius 3 is 2.21 bits per heavy atom. The molecular formula is C34H46N6O8. The normalized spacial score (nSPS) is 18.3. The Morgan fingerprint density at radius 1 is 0.854 bits per heavy atom. The summed E-state index contributed by atoms with van der Waals surface area (Å²) in [6.45, 7) is 11.5. The molecule has 0 unspecified atom stereocenters. The van der Waals surface area contributed by atoms with Crippen LogP contribution in [0.15, 0.2) is 36.4 Å². The van der Waals surface area contributed by atoms with Crippen LogP contribution in [0.1, 0.15) is 24.2 Å². The fourth-order valence-corrected chi connectivity index (χ4v) is 5.51. The van der Waals surface area contributed by atoms with Crippen molar-refractivity contribution in [3.05, 3.63) is 42.0 Å². The number of benzene rings is 1. The highest BCUT2D eigenvalue weighted by Crippen LogP contribution is 2.31. The number of aromatic nitrogens is 3. The highest BCUT2D eigenvalue weighted by Gasteiger charge is 2.27. The molecule has 2 fully saturated rings. The van der Waals surface area contributed by atoms with E-state index in [1.54, 1.807) is 6.07 Å². The van der Waals surface area contributed by atoms with Gasteiger partial charge in [-0.05, 0) is 38.1 Å². The van der Waals surface area contributed by atoms with Crippen molar-refractivity contribution in [3.63, 3.8) is 0 Å². The Morgan fingerprint density at radius 2 is 1.52 bits per heavy atom. The molecule has 1 aromatic carbocycles. The number of hydrogen-bond donors (Lipinski definition) is 1. The van der Waals surface area contributed by atoms with E-state index >= 15 is 0 Å². The van der Waals surface area contributed by atoms with Crippen molar-refractivity contribution in [1.29, 1.82) is 0 Å². The number of carbonyl (C=O) groups is 2. The minimum Gasteiger partial charge on any atom is -0.377 e. The Balaban J connectivity index is 1.17. The molecule has 2 aliphatic heterocycles. The first kappa shape index (κ1) is 35.5. The summed E-state index contributed by atoms with van der Waals surface area (Å²) < 4.78 is 32.7. The fourth-order valence-electron chi connectivity index (χ4n) is 5.51. The Labute approximate surface area is 281 Å². The summed E-state index contributed by atoms with van der Waals surface area (Å²) in [5.41, 5.74) is 2.67. The number of anilines is 2. The van der Waals surface area contributed by atoms with Gasteiger partial charge < -0.3 is 48.3 Å². The molecule has 2 aliphatic rings. The van der Waals surface area contributed by atoms with Crippen LogP contribution < -0.4 is 15.1 Å². The molecule has 1 N–H and O–H groups in total. The second-order valence-electron chi connectivity index (χ2n) is 11.6. The van der Waals surface area contributed by atoms with Gasteiger partial charge in [-0.2, -0.15) is 9.97 Å². The minimum atomic E-state index is -0.193. The Hall–Kier alpha value is -3.79. The SMILES string of the molecule is C[C@@H]1COCCN1c1nc(N2CCOC[C@H]2C)c2ccc(-c3cccc(C(=O)NCCOCCOCCOCCOCC=O)c3)nc2n1. The molecule has 1 amide bonds. The number of aldehydes is 1. The summed E-state index contributed by atoms with van der Waals surface area (Å²) in [6.07, 6.45) is 0.705. The second kappa shape index (κ2) is 18.7. The predicted molar refractivity (Wildman–Crippen MR) is 180 cm³/mol. The van der Waals surface area contributed by atoms with Crippen LogP contribution in [0.5, 0.6) is 0 Å². The van der Waals surface area contributed by atoms with Crippen molar-refractivity contribution < 1.29 is 38.0 Å². The van der Waals surface area contributed by atoms with Crippen molar-refractivity contribution in [2.24, 2.45) is 0 Å². The van der Waals surface area contributed by atoms with Gasteiger partial charge in [0.15, 0.2) is 5.65 Å². The quantitative estimate of drug-likeness (QED) is 0.156. The van der Waals surface area contributed by atoms with Crippen LogP contribution in [0, 0.1) is 0 Å². The zero-order valence-electron chi connectivity index (χ0n) is 27.8. The first-order chi connectivity index (χ1) is 23.5. The first-order valence-corrected chi connectivity index (χ1v) is 16.6. The van der Waals surface area contributed by atoms with Gasteiger partial charge in [0.2, 0.25) is 5.95 Å². The average molecular weight is 667 g/mol. The number of pyridine rings is 1. The van der Waals surface area contributed by atoms with Gasteiger partial charge in [-0.3, -0.25) is 4.79 Å². The maximum absolute atomic E-state index is 13.0. The van der Waals surface area contributed by atoms with Gasteiger partial charge >= 0.3 is 0 Å². The molecule has 5 rings (SSSR count). The summed E-state index contributed by atoms with van der Waals surface area (Å²) in [5, 5.41) is 3.79. The maximum atomic E-state index is 13.0. The number of carbonyl (C=O) groups excluding carboxylic acids is 2. The number of rotatable bonds is 18. The standard InChI is InChI=1S/C34H46N6O8/c1-25-23-47-13-9-39(25)32-29-6-7-30(36-31(29)37-34(38-32)40-10-14-48-24-26(40)2)27-4-3-5-28(22-27)33(42)35-8-12-43-16-18-45-20-21-46-19-17-44-15-11-41/h3-7,11,22,25-26H,8-10,12-21,23-24H2,1-2H3,(H,35,42)/t25-,26-/m1/s1. The maximum Gasteiger partial charge on any atom is 0.251 e. The van der Waals surface area contributed by atoms with E-state index in [-0.39, 0.29) is 24.6 Å². The lowest BCUT2D eigenvalue weighted by Crippen LogP contribution is -2.46. The lowest BCUT2D eigenvalue weighted by molar-refractivity contribution is -0.112. The zero-order chi connectivity index (χ0) is 33.6. The van der Waals surface area contributed by atoms with E-state index < -0.39 is 0 Å². The first-order valence-electron chi connectivity index (χ1n) is 16.6. The molecule has 3 aromatic rings. The summed E-state index contributed by atoms with van der Waals surface area (Å²) in [7, 11) is 0. The topological polar surface area (TPSA) is 147 Å². The molecule has 4 heterocycles. The van der Waals surface area contributed by atoms with Crippen LogP contribution in [0.3, 0.4) is 0 Å². The summed E-state index contributed by atoms with van der Waals surface area (Å²) in [6, 6.07) is 11.7. The highest BCUT2D eigenvalue weighted by atomic mass is 16.6. The van der Waals surface area contributed by atoms with Crippen LogP contribution in [0.2, 0.25) is 0 Å². The summed E-state index contributed by atoms with van der Waals surface area (Å²) in [5.74, 6) is 1.30. The molecule has 0 spiro atoms. The molecule has 260 valence electrons. The van der Waals surface area contributed by atoms with Crippen molar-refractivity contribution in [3.8, 4) is 11.3 Å². The monoisotopic (exact) mass is 666 g/mol. The number of ether oxygens (including phenoxy) is 6. The van der Waals surface area contributed by atoms with Gasteiger partial charge in [0, 0.05) is 30.8 Å². The molecule has 2 aromatic heterocycles. The second-order valence-corrected chi connectivity index (χ2v) is 11.6. The molecular weight excluding hydrogens is 620 g/mol. The minimum absolute atomic E-state index is 0.0794. The smallest absolute Gasteiger partial charge is 0.251 e. The third-order valence-corrected chi connectivity index (χ3v) is 8.05. The van der Waals surface area contributed by atoms with E-state index in [4.69, 9.17) is 43.4 Å². The molecule has 0 aliphatic carbocycles. The molecule has 0 bridgehead atoms. The summed E-state index contributed by atoms with van der Waals surface area (Å²) in [4.78, 5) is 42.6. The average Bonchev–Trinajstić information content (AvgIpc) is 3.11. The molecule has 0 radical (unpaired) electrons. The van der Waals surface area contributed by atoms with Gasteiger partial charge in [0.05, 0.1) is 95.8 Å². The van der Waals surface area contributed by atoms with Crippen molar-refractivity contribution in [2.45, 2.75) is 25.9 Å². The van der Waals surface area contributed by atoms with Gasteiger partial charge in [-0.25, -0.2) is 4.98 Å². The number of nitrogens with zero attached hydrogens (tertiary/aromatic N) is 5. The molecule has 14 heteroatoms. The van der Waals surface area contributed by atoms with Gasteiger partial charge in [-0.1, -0.05) is 12.1 Å². The van der Waals surface area contributed by atoms with Crippen LogP contribution in [-0.2, 0) is 33.2 Å². The third kappa shape index (κ3) is 9.87. The van der Waals surface area contributed by atoms with E-state index in [1.807, 2.05) is 30.3 Å². The van der Waals surface area contributed by atoms with E-state index in [9.17, 15) is 9.59 Å². The van der Waals surface area contributed by atoms with Gasteiger partial charge in [0.1, 0.15) is 18.7 Å². The van der Waals surface area contributed by atoms with E-state index in [0.29, 0.717) is 109 Å². The third-order valence-electron chi connectivity index (χ3n) is 8.05. The van der Waals surface area contributed by atoms with Crippen molar-refractivity contribution >= 4 is 35.0 Å². The van der Waals surface area contributed by atoms with Crippen LogP contribution in [0.4, 0.5) is 11.8 Å². The Kier molecular flexibility index (Phi) is 13.8. The number of amides is 1. The molecule has 2 atom stereocenters. The van der Waals surface area contributed by atoms with Gasteiger partial charge in [-0.15, -0.1) is 0 Å².